The first kappa shape index (κ1) is 22.2. The summed E-state index contributed by atoms with van der Waals surface area (Å²) >= 11 is 0. The van der Waals surface area contributed by atoms with Gasteiger partial charge in [-0.3, -0.25) is 9.59 Å². The van der Waals surface area contributed by atoms with Gasteiger partial charge in [0.05, 0.1) is 0 Å². The number of nitrogens with one attached hydrogen (secondary N) is 2. The fourth-order valence-corrected chi connectivity index (χ4v) is 3.00. The molecule has 2 aromatic rings. The minimum atomic E-state index is -0.927. The lowest BCUT2D eigenvalue weighted by Gasteiger charge is -2.25. The summed E-state index contributed by atoms with van der Waals surface area (Å²) in [6.07, 6.45) is -0.110. The zero-order valence-electron chi connectivity index (χ0n) is 17.3. The Morgan fingerprint density at radius 2 is 1.66 bits per heavy atom. The summed E-state index contributed by atoms with van der Waals surface area (Å²) in [4.78, 5) is 36.7. The van der Waals surface area contributed by atoms with Gasteiger partial charge in [0.1, 0.15) is 17.7 Å². The van der Waals surface area contributed by atoms with Gasteiger partial charge in [0, 0.05) is 6.42 Å². The van der Waals surface area contributed by atoms with E-state index in [-0.39, 0.29) is 6.42 Å². The Kier molecular flexibility index (Phi) is 7.20. The minimum Gasteiger partial charge on any atom is -0.444 e. The van der Waals surface area contributed by atoms with E-state index in [1.807, 2.05) is 42.5 Å². The number of carbonyl (C=O) groups is 3. The van der Waals surface area contributed by atoms with E-state index < -0.39 is 35.6 Å². The maximum Gasteiger partial charge on any atom is 0.408 e. The molecule has 0 spiro atoms. The van der Waals surface area contributed by atoms with Crippen molar-refractivity contribution in [2.75, 3.05) is 0 Å². The molecular weight excluding hydrogens is 370 g/mol. The Morgan fingerprint density at radius 1 is 1.00 bits per heavy atom. The molecule has 7 nitrogen and oxygen atoms in total. The standard InChI is InChI=1S/C22H29N3O4/c1-5-17(19(23)26)24-20(27)18(25-21(28)29-22(2,3)4)13-15-11-8-10-14-9-6-7-12-16(14)15/h6-12,17-18H,5,13H2,1-4H3,(H2,23,26)(H,24,27)(H,25,28)/t17-,18-/m0/s1. The molecule has 0 saturated heterocycles. The van der Waals surface area contributed by atoms with E-state index >= 15 is 0 Å². The van der Waals surface area contributed by atoms with E-state index in [1.54, 1.807) is 27.7 Å². The fraction of sp³-hybridized carbons (Fsp3) is 0.409. The molecule has 0 aliphatic carbocycles. The monoisotopic (exact) mass is 399 g/mol. The number of fused-ring (bicyclic) bond motifs is 1. The Hall–Kier alpha value is -3.09. The third-order valence-electron chi connectivity index (χ3n) is 4.38. The molecule has 2 aromatic carbocycles. The minimum absolute atomic E-state index is 0.238. The summed E-state index contributed by atoms with van der Waals surface area (Å²) in [6.45, 7) is 6.97. The number of carbonyl (C=O) groups excluding carboxylic acids is 3. The quantitative estimate of drug-likeness (QED) is 0.665. The van der Waals surface area contributed by atoms with Gasteiger partial charge in [0.15, 0.2) is 0 Å². The van der Waals surface area contributed by atoms with Gasteiger partial charge in [-0.15, -0.1) is 0 Å². The summed E-state index contributed by atoms with van der Waals surface area (Å²) in [5.41, 5.74) is 5.53. The maximum atomic E-state index is 12.9. The Morgan fingerprint density at radius 3 is 2.28 bits per heavy atom. The molecule has 29 heavy (non-hydrogen) atoms. The molecule has 0 aromatic heterocycles. The first-order valence-corrected chi connectivity index (χ1v) is 9.66. The van der Waals surface area contributed by atoms with Crippen LogP contribution >= 0.6 is 0 Å². The van der Waals surface area contributed by atoms with E-state index in [4.69, 9.17) is 10.5 Å². The highest BCUT2D eigenvalue weighted by Crippen LogP contribution is 2.20. The number of benzene rings is 2. The molecule has 4 N–H and O–H groups in total. The normalized spacial score (nSPS) is 13.4. The second kappa shape index (κ2) is 9.41. The average molecular weight is 399 g/mol. The molecule has 0 unspecified atom stereocenters. The van der Waals surface area contributed by atoms with Crippen LogP contribution in [0.25, 0.3) is 10.8 Å². The van der Waals surface area contributed by atoms with Gasteiger partial charge in [-0.25, -0.2) is 4.79 Å². The van der Waals surface area contributed by atoms with Gasteiger partial charge in [-0.2, -0.15) is 0 Å². The third kappa shape index (κ3) is 6.48. The smallest absolute Gasteiger partial charge is 0.408 e. The number of ether oxygens (including phenoxy) is 1. The second-order valence-corrected chi connectivity index (χ2v) is 7.91. The number of alkyl carbamates (subject to hydrolysis) is 1. The van der Waals surface area contributed by atoms with Gasteiger partial charge in [0.2, 0.25) is 11.8 Å². The van der Waals surface area contributed by atoms with Crippen molar-refractivity contribution in [1.82, 2.24) is 10.6 Å². The highest BCUT2D eigenvalue weighted by molar-refractivity contribution is 5.92. The van der Waals surface area contributed by atoms with E-state index in [1.165, 1.54) is 0 Å². The molecule has 0 heterocycles. The number of hydrogen-bond acceptors (Lipinski definition) is 4. The average Bonchev–Trinajstić information content (AvgIpc) is 2.63. The van der Waals surface area contributed by atoms with Crippen LogP contribution in [0.2, 0.25) is 0 Å². The van der Waals surface area contributed by atoms with Crippen LogP contribution in [0.1, 0.15) is 39.7 Å². The summed E-state index contributed by atoms with van der Waals surface area (Å²) in [5, 5.41) is 7.27. The highest BCUT2D eigenvalue weighted by atomic mass is 16.6. The summed E-state index contributed by atoms with van der Waals surface area (Å²) < 4.78 is 5.30. The number of hydrogen-bond donors (Lipinski definition) is 3. The summed E-state index contributed by atoms with van der Waals surface area (Å²) in [7, 11) is 0. The van der Waals surface area contributed by atoms with Crippen LogP contribution < -0.4 is 16.4 Å². The molecule has 156 valence electrons. The van der Waals surface area contributed by atoms with Gasteiger partial charge < -0.3 is 21.1 Å². The second-order valence-electron chi connectivity index (χ2n) is 7.91. The molecule has 0 aliphatic rings. The van der Waals surface area contributed by atoms with Crippen LogP contribution in [-0.4, -0.2) is 35.6 Å². The highest BCUT2D eigenvalue weighted by Gasteiger charge is 2.27. The lowest BCUT2D eigenvalue weighted by atomic mass is 9.98. The van der Waals surface area contributed by atoms with Crippen LogP contribution in [0.3, 0.4) is 0 Å². The molecule has 0 saturated carbocycles. The molecule has 0 fully saturated rings. The van der Waals surface area contributed by atoms with Crippen molar-refractivity contribution < 1.29 is 19.1 Å². The van der Waals surface area contributed by atoms with Crippen molar-refractivity contribution in [1.29, 1.82) is 0 Å². The zero-order chi connectivity index (χ0) is 21.6. The van der Waals surface area contributed by atoms with Crippen LogP contribution in [0, 0.1) is 0 Å². The van der Waals surface area contributed by atoms with Crippen molar-refractivity contribution in [3.05, 3.63) is 48.0 Å². The van der Waals surface area contributed by atoms with Crippen LogP contribution in [-0.2, 0) is 20.7 Å². The van der Waals surface area contributed by atoms with E-state index in [0.717, 1.165) is 16.3 Å². The SMILES string of the molecule is CC[C@H](NC(=O)[C@H](Cc1cccc2ccccc12)NC(=O)OC(C)(C)C)C(N)=O. The number of nitrogens with two attached hydrogens (primary N) is 1. The van der Waals surface area contributed by atoms with E-state index in [9.17, 15) is 14.4 Å². The molecular formula is C22H29N3O4. The largest absolute Gasteiger partial charge is 0.444 e. The molecule has 2 rings (SSSR count). The predicted octanol–water partition coefficient (Wildman–Crippen LogP) is 2.66. The predicted molar refractivity (Wildman–Crippen MR) is 112 cm³/mol. The molecule has 0 bridgehead atoms. The van der Waals surface area contributed by atoms with Gasteiger partial charge >= 0.3 is 6.09 Å². The van der Waals surface area contributed by atoms with Crippen molar-refractivity contribution >= 4 is 28.7 Å². The lowest BCUT2D eigenvalue weighted by Crippen LogP contribution is -2.54. The fourth-order valence-electron chi connectivity index (χ4n) is 3.00. The summed E-state index contributed by atoms with van der Waals surface area (Å²) in [5.74, 6) is -1.11. The molecule has 7 heteroatoms. The van der Waals surface area contributed by atoms with Crippen LogP contribution in [0.15, 0.2) is 42.5 Å². The van der Waals surface area contributed by atoms with Crippen molar-refractivity contribution in [3.8, 4) is 0 Å². The molecule has 2 atom stereocenters. The first-order chi connectivity index (χ1) is 13.6. The van der Waals surface area contributed by atoms with Crippen LogP contribution in [0.5, 0.6) is 0 Å². The van der Waals surface area contributed by atoms with Gasteiger partial charge in [0.25, 0.3) is 0 Å². The molecule has 0 aliphatic heterocycles. The van der Waals surface area contributed by atoms with Gasteiger partial charge in [-0.1, -0.05) is 49.4 Å². The van der Waals surface area contributed by atoms with Crippen LogP contribution in [0.4, 0.5) is 4.79 Å². The van der Waals surface area contributed by atoms with Crippen molar-refractivity contribution in [2.45, 2.75) is 58.2 Å². The number of rotatable bonds is 7. The molecule has 0 radical (unpaired) electrons. The number of primary amides is 1. The number of amides is 3. The Labute approximate surface area is 171 Å². The topological polar surface area (TPSA) is 111 Å². The maximum absolute atomic E-state index is 12.9. The third-order valence-corrected chi connectivity index (χ3v) is 4.38. The summed E-state index contributed by atoms with van der Waals surface area (Å²) in [6, 6.07) is 11.9. The lowest BCUT2D eigenvalue weighted by molar-refractivity contribution is -0.128. The van der Waals surface area contributed by atoms with E-state index in [0.29, 0.717) is 6.42 Å². The zero-order valence-corrected chi connectivity index (χ0v) is 17.3. The Balaban J connectivity index is 2.29. The van der Waals surface area contributed by atoms with Gasteiger partial charge in [-0.05, 0) is 43.5 Å². The van der Waals surface area contributed by atoms with E-state index in [2.05, 4.69) is 10.6 Å². The first-order valence-electron chi connectivity index (χ1n) is 9.66. The van der Waals surface area contributed by atoms with Crippen molar-refractivity contribution in [3.63, 3.8) is 0 Å². The van der Waals surface area contributed by atoms with Crippen molar-refractivity contribution in [2.24, 2.45) is 5.73 Å². The molecule has 3 amide bonds. The Bertz CT molecular complexity index is 884.